The van der Waals surface area contributed by atoms with Crippen LogP contribution in [-0.4, -0.2) is 17.6 Å². The minimum atomic E-state index is -0.774. The quantitative estimate of drug-likeness (QED) is 0.775. The molecule has 1 fully saturated rings. The van der Waals surface area contributed by atoms with Gasteiger partial charge >= 0.3 is 0 Å². The molecular formula is C15H15NO3. The second kappa shape index (κ2) is 4.02. The summed E-state index contributed by atoms with van der Waals surface area (Å²) in [5, 5.41) is 2.36. The van der Waals surface area contributed by atoms with Crippen LogP contribution in [0.25, 0.3) is 0 Å². The molecule has 1 saturated heterocycles. The lowest BCUT2D eigenvalue weighted by molar-refractivity contribution is -0.143. The lowest BCUT2D eigenvalue weighted by Crippen LogP contribution is -2.52. The minimum Gasteiger partial charge on any atom is -0.296 e. The molecule has 0 aromatic heterocycles. The Bertz CT molecular complexity index is 593. The van der Waals surface area contributed by atoms with Crippen molar-refractivity contribution in [3.8, 4) is 0 Å². The highest BCUT2D eigenvalue weighted by Gasteiger charge is 2.50. The smallest absolute Gasteiger partial charge is 0.233 e. The zero-order valence-electron chi connectivity index (χ0n) is 10.7. The number of amides is 2. The van der Waals surface area contributed by atoms with E-state index in [1.54, 1.807) is 6.92 Å². The number of piperidine rings is 1. The van der Waals surface area contributed by atoms with Crippen molar-refractivity contribution >= 4 is 17.6 Å². The molecule has 4 heteroatoms. The van der Waals surface area contributed by atoms with E-state index in [9.17, 15) is 14.4 Å². The SMILES string of the molecule is CC1(C2Cc3ccccc3C2=O)CCC(=O)NC1=O. The van der Waals surface area contributed by atoms with Crippen LogP contribution in [0.4, 0.5) is 0 Å². The Balaban J connectivity index is 1.95. The van der Waals surface area contributed by atoms with Gasteiger partial charge in [0.1, 0.15) is 0 Å². The summed E-state index contributed by atoms with van der Waals surface area (Å²) in [6, 6.07) is 7.49. The van der Waals surface area contributed by atoms with Crippen LogP contribution in [-0.2, 0) is 16.0 Å². The van der Waals surface area contributed by atoms with Crippen molar-refractivity contribution < 1.29 is 14.4 Å². The molecule has 2 aliphatic rings. The van der Waals surface area contributed by atoms with Gasteiger partial charge in [0.25, 0.3) is 0 Å². The summed E-state index contributed by atoms with van der Waals surface area (Å²) in [6.07, 6.45) is 1.34. The summed E-state index contributed by atoms with van der Waals surface area (Å²) in [6.45, 7) is 1.79. The fraction of sp³-hybridized carbons (Fsp3) is 0.400. The van der Waals surface area contributed by atoms with Crippen LogP contribution < -0.4 is 5.32 Å². The van der Waals surface area contributed by atoms with Crippen molar-refractivity contribution in [1.29, 1.82) is 0 Å². The van der Waals surface area contributed by atoms with Gasteiger partial charge in [-0.3, -0.25) is 19.7 Å². The second-order valence-corrected chi connectivity index (χ2v) is 5.57. The summed E-state index contributed by atoms with van der Waals surface area (Å²) < 4.78 is 0. The minimum absolute atomic E-state index is 0.0302. The number of rotatable bonds is 1. The number of Topliss-reactive ketones (excluding diaryl/α,β-unsaturated/α-hetero) is 1. The second-order valence-electron chi connectivity index (χ2n) is 5.57. The predicted molar refractivity (Wildman–Crippen MR) is 68.5 cm³/mol. The molecule has 2 unspecified atom stereocenters. The monoisotopic (exact) mass is 257 g/mol. The van der Waals surface area contributed by atoms with E-state index >= 15 is 0 Å². The van der Waals surface area contributed by atoms with Crippen LogP contribution >= 0.6 is 0 Å². The van der Waals surface area contributed by atoms with Gasteiger partial charge in [-0.05, 0) is 18.4 Å². The van der Waals surface area contributed by atoms with Gasteiger partial charge in [0, 0.05) is 17.9 Å². The number of ketones is 1. The van der Waals surface area contributed by atoms with E-state index in [1.807, 2.05) is 24.3 Å². The summed E-state index contributed by atoms with van der Waals surface area (Å²) in [5.74, 6) is -0.874. The molecule has 1 aliphatic heterocycles. The van der Waals surface area contributed by atoms with Gasteiger partial charge in [0.15, 0.2) is 5.78 Å². The Morgan fingerprint density at radius 2 is 1.95 bits per heavy atom. The van der Waals surface area contributed by atoms with E-state index in [0.717, 1.165) is 11.1 Å². The third-order valence-corrected chi connectivity index (χ3v) is 4.44. The first kappa shape index (κ1) is 12.1. The first-order valence-electron chi connectivity index (χ1n) is 6.49. The normalized spacial score (nSPS) is 30.2. The van der Waals surface area contributed by atoms with E-state index in [4.69, 9.17) is 0 Å². The van der Waals surface area contributed by atoms with Crippen molar-refractivity contribution in [1.82, 2.24) is 5.32 Å². The Morgan fingerprint density at radius 1 is 1.21 bits per heavy atom. The van der Waals surface area contributed by atoms with Gasteiger partial charge in [-0.1, -0.05) is 31.2 Å². The molecule has 2 atom stereocenters. The fourth-order valence-electron chi connectivity index (χ4n) is 3.10. The number of fused-ring (bicyclic) bond motifs is 1. The molecule has 0 spiro atoms. The van der Waals surface area contributed by atoms with E-state index < -0.39 is 5.41 Å². The standard InChI is InChI=1S/C15H15NO3/c1-15(7-6-12(17)16-14(15)19)11-8-9-4-2-3-5-10(9)13(11)18/h2-5,11H,6-8H2,1H3,(H,16,17,19). The maximum atomic E-state index is 12.5. The molecule has 4 nitrogen and oxygen atoms in total. The van der Waals surface area contributed by atoms with Gasteiger partial charge in [-0.2, -0.15) is 0 Å². The topological polar surface area (TPSA) is 63.2 Å². The highest BCUT2D eigenvalue weighted by atomic mass is 16.2. The Kier molecular flexibility index (Phi) is 2.55. The molecule has 0 radical (unpaired) electrons. The fourth-order valence-corrected chi connectivity index (χ4v) is 3.10. The first-order valence-corrected chi connectivity index (χ1v) is 6.49. The van der Waals surface area contributed by atoms with Gasteiger partial charge in [0.05, 0.1) is 5.41 Å². The van der Waals surface area contributed by atoms with Crippen molar-refractivity contribution in [2.75, 3.05) is 0 Å². The molecule has 98 valence electrons. The summed E-state index contributed by atoms with van der Waals surface area (Å²) >= 11 is 0. The zero-order valence-corrected chi connectivity index (χ0v) is 10.7. The molecule has 0 saturated carbocycles. The Hall–Kier alpha value is -1.97. The molecule has 1 heterocycles. The van der Waals surface area contributed by atoms with Crippen LogP contribution in [0.2, 0.25) is 0 Å². The van der Waals surface area contributed by atoms with Gasteiger partial charge in [-0.15, -0.1) is 0 Å². The van der Waals surface area contributed by atoms with Crippen LogP contribution in [0, 0.1) is 11.3 Å². The van der Waals surface area contributed by atoms with Crippen LogP contribution in [0.1, 0.15) is 35.7 Å². The van der Waals surface area contributed by atoms with Crippen LogP contribution in [0.15, 0.2) is 24.3 Å². The van der Waals surface area contributed by atoms with E-state index in [-0.39, 0.29) is 23.5 Å². The molecular weight excluding hydrogens is 242 g/mol. The molecule has 19 heavy (non-hydrogen) atoms. The molecule has 1 aromatic carbocycles. The number of hydrogen-bond donors (Lipinski definition) is 1. The molecule has 1 aromatic rings. The summed E-state index contributed by atoms with van der Waals surface area (Å²) in [4.78, 5) is 35.8. The van der Waals surface area contributed by atoms with E-state index in [0.29, 0.717) is 19.3 Å². The first-order chi connectivity index (χ1) is 9.02. The maximum absolute atomic E-state index is 12.5. The van der Waals surface area contributed by atoms with Crippen molar-refractivity contribution in [2.24, 2.45) is 11.3 Å². The number of imide groups is 1. The molecule has 3 rings (SSSR count). The van der Waals surface area contributed by atoms with Gasteiger partial charge < -0.3 is 0 Å². The average Bonchev–Trinajstić information content (AvgIpc) is 2.73. The molecule has 1 aliphatic carbocycles. The summed E-state index contributed by atoms with van der Waals surface area (Å²) in [7, 11) is 0. The number of carbonyl (C=O) groups excluding carboxylic acids is 3. The van der Waals surface area contributed by atoms with Crippen LogP contribution in [0.5, 0.6) is 0 Å². The number of carbonyl (C=O) groups is 3. The third kappa shape index (κ3) is 1.70. The molecule has 1 N–H and O–H groups in total. The lowest BCUT2D eigenvalue weighted by Gasteiger charge is -2.35. The van der Waals surface area contributed by atoms with Crippen LogP contribution in [0.3, 0.4) is 0 Å². The van der Waals surface area contributed by atoms with Crippen molar-refractivity contribution in [3.63, 3.8) is 0 Å². The number of nitrogens with one attached hydrogen (secondary N) is 1. The third-order valence-electron chi connectivity index (χ3n) is 4.44. The molecule has 0 bridgehead atoms. The number of hydrogen-bond acceptors (Lipinski definition) is 3. The van der Waals surface area contributed by atoms with E-state index in [2.05, 4.69) is 5.32 Å². The van der Waals surface area contributed by atoms with Gasteiger partial charge in [0.2, 0.25) is 11.8 Å². The van der Waals surface area contributed by atoms with Gasteiger partial charge in [-0.25, -0.2) is 0 Å². The predicted octanol–water partition coefficient (Wildman–Crippen LogP) is 1.48. The summed E-state index contributed by atoms with van der Waals surface area (Å²) in [5.41, 5.74) is 0.950. The Morgan fingerprint density at radius 3 is 2.63 bits per heavy atom. The van der Waals surface area contributed by atoms with Crippen molar-refractivity contribution in [2.45, 2.75) is 26.2 Å². The largest absolute Gasteiger partial charge is 0.296 e. The lowest BCUT2D eigenvalue weighted by atomic mass is 9.69. The molecule has 2 amide bonds. The maximum Gasteiger partial charge on any atom is 0.233 e. The Labute approximate surface area is 111 Å². The highest BCUT2D eigenvalue weighted by molar-refractivity contribution is 6.08. The zero-order chi connectivity index (χ0) is 13.6. The van der Waals surface area contributed by atoms with E-state index in [1.165, 1.54) is 0 Å². The average molecular weight is 257 g/mol. The highest BCUT2D eigenvalue weighted by Crippen LogP contribution is 2.43. The van der Waals surface area contributed by atoms with Crippen molar-refractivity contribution in [3.05, 3.63) is 35.4 Å². The number of benzene rings is 1.